The van der Waals surface area contributed by atoms with Gasteiger partial charge in [-0.2, -0.15) is 0 Å². The number of benzene rings is 2. The van der Waals surface area contributed by atoms with Crippen LogP contribution in [0.15, 0.2) is 42.5 Å². The Labute approximate surface area is 171 Å². The fourth-order valence-electron chi connectivity index (χ4n) is 3.13. The Bertz CT molecular complexity index is 838. The smallest absolute Gasteiger partial charge is 0.480 e. The van der Waals surface area contributed by atoms with Gasteiger partial charge in [0.2, 0.25) is 0 Å². The van der Waals surface area contributed by atoms with Crippen LogP contribution in [0.25, 0.3) is 0 Å². The Morgan fingerprint density at radius 1 is 1.10 bits per heavy atom. The second-order valence-electron chi connectivity index (χ2n) is 7.88. The molecular formula is C23H29NO5. The lowest BCUT2D eigenvalue weighted by Crippen LogP contribution is -2.32. The summed E-state index contributed by atoms with van der Waals surface area (Å²) in [7, 11) is 0. The number of aryl methyl sites for hydroxylation is 3. The molecule has 0 spiro atoms. The van der Waals surface area contributed by atoms with E-state index in [2.05, 4.69) is 0 Å². The SMILES string of the molecule is Cc1cc(OC(=O)OC(C)(C)CCc2ccccc2)cc(C)c1CC(N)C(=O)O. The molecule has 0 fully saturated rings. The number of hydrogen-bond donors (Lipinski definition) is 2. The average Bonchev–Trinajstić information content (AvgIpc) is 2.63. The Kier molecular flexibility index (Phi) is 7.40. The van der Waals surface area contributed by atoms with Gasteiger partial charge in [-0.1, -0.05) is 30.3 Å². The molecule has 29 heavy (non-hydrogen) atoms. The zero-order chi connectivity index (χ0) is 21.6. The van der Waals surface area contributed by atoms with Crippen molar-refractivity contribution < 1.29 is 24.2 Å². The first kappa shape index (κ1) is 22.4. The predicted molar refractivity (Wildman–Crippen MR) is 111 cm³/mol. The molecule has 0 heterocycles. The van der Waals surface area contributed by atoms with Gasteiger partial charge in [0.1, 0.15) is 17.4 Å². The lowest BCUT2D eigenvalue weighted by atomic mass is 9.96. The summed E-state index contributed by atoms with van der Waals surface area (Å²) in [5.74, 6) is -0.693. The largest absolute Gasteiger partial charge is 0.514 e. The number of nitrogens with two attached hydrogens (primary N) is 1. The van der Waals surface area contributed by atoms with E-state index >= 15 is 0 Å². The molecule has 2 aromatic carbocycles. The van der Waals surface area contributed by atoms with Gasteiger partial charge in [0, 0.05) is 0 Å². The molecule has 1 unspecified atom stereocenters. The molecule has 1 atom stereocenters. The highest BCUT2D eigenvalue weighted by Gasteiger charge is 2.24. The molecule has 2 aromatic rings. The second kappa shape index (κ2) is 9.56. The summed E-state index contributed by atoms with van der Waals surface area (Å²) < 4.78 is 10.9. The highest BCUT2D eigenvalue weighted by atomic mass is 16.7. The van der Waals surface area contributed by atoms with E-state index in [0.29, 0.717) is 12.2 Å². The standard InChI is InChI=1S/C23H29NO5/c1-15-12-18(13-16(2)19(15)14-20(24)21(25)26)28-22(27)29-23(3,4)11-10-17-8-6-5-7-9-17/h5-9,12-13,20H,10-11,14,24H2,1-4H3,(H,25,26). The van der Waals surface area contributed by atoms with Crippen LogP contribution in [0.1, 0.15) is 42.5 Å². The van der Waals surface area contributed by atoms with Crippen molar-refractivity contribution in [1.82, 2.24) is 0 Å². The normalized spacial score (nSPS) is 12.3. The predicted octanol–water partition coefficient (Wildman–Crippen LogP) is 4.18. The topological polar surface area (TPSA) is 98.9 Å². The van der Waals surface area contributed by atoms with Crippen LogP contribution >= 0.6 is 0 Å². The molecule has 156 valence electrons. The molecule has 6 nitrogen and oxygen atoms in total. The van der Waals surface area contributed by atoms with Crippen LogP contribution in [0.5, 0.6) is 5.75 Å². The van der Waals surface area contributed by atoms with Crippen molar-refractivity contribution in [3.05, 3.63) is 64.7 Å². The highest BCUT2D eigenvalue weighted by molar-refractivity contribution is 5.73. The molecule has 2 rings (SSSR count). The summed E-state index contributed by atoms with van der Waals surface area (Å²) >= 11 is 0. The maximum Gasteiger partial charge on any atom is 0.514 e. The number of carboxylic acids is 1. The average molecular weight is 399 g/mol. The monoisotopic (exact) mass is 399 g/mol. The van der Waals surface area contributed by atoms with E-state index < -0.39 is 23.8 Å². The van der Waals surface area contributed by atoms with E-state index in [1.54, 1.807) is 12.1 Å². The van der Waals surface area contributed by atoms with Crippen molar-refractivity contribution in [2.45, 2.75) is 58.6 Å². The minimum atomic E-state index is -1.05. The molecule has 0 saturated carbocycles. The molecule has 3 N–H and O–H groups in total. The molecule has 0 aliphatic heterocycles. The van der Waals surface area contributed by atoms with Gasteiger partial charge in [0.25, 0.3) is 0 Å². The van der Waals surface area contributed by atoms with E-state index in [9.17, 15) is 9.59 Å². The van der Waals surface area contributed by atoms with Crippen LogP contribution in [0.3, 0.4) is 0 Å². The van der Waals surface area contributed by atoms with Crippen molar-refractivity contribution >= 4 is 12.1 Å². The van der Waals surface area contributed by atoms with Crippen molar-refractivity contribution in [1.29, 1.82) is 0 Å². The van der Waals surface area contributed by atoms with Crippen molar-refractivity contribution in [3.63, 3.8) is 0 Å². The van der Waals surface area contributed by atoms with Crippen LogP contribution < -0.4 is 10.5 Å². The fraction of sp³-hybridized carbons (Fsp3) is 0.391. The fourth-order valence-corrected chi connectivity index (χ4v) is 3.13. The van der Waals surface area contributed by atoms with Crippen LogP contribution in [-0.4, -0.2) is 28.9 Å². The Morgan fingerprint density at radius 2 is 1.69 bits per heavy atom. The van der Waals surface area contributed by atoms with E-state index in [4.69, 9.17) is 20.3 Å². The number of hydrogen-bond acceptors (Lipinski definition) is 5. The van der Waals surface area contributed by atoms with Gasteiger partial charge in [0.15, 0.2) is 0 Å². The third-order valence-electron chi connectivity index (χ3n) is 4.83. The zero-order valence-electron chi connectivity index (χ0n) is 17.4. The molecule has 0 bridgehead atoms. The first-order chi connectivity index (χ1) is 13.6. The quantitative estimate of drug-likeness (QED) is 0.510. The van der Waals surface area contributed by atoms with Gasteiger partial charge in [-0.25, -0.2) is 4.79 Å². The number of carbonyl (C=O) groups is 2. The number of aliphatic carboxylic acids is 1. The van der Waals surface area contributed by atoms with Gasteiger partial charge in [-0.05, 0) is 81.3 Å². The molecular weight excluding hydrogens is 370 g/mol. The van der Waals surface area contributed by atoms with Crippen molar-refractivity contribution in [2.75, 3.05) is 0 Å². The van der Waals surface area contributed by atoms with E-state index in [-0.39, 0.29) is 6.42 Å². The maximum atomic E-state index is 12.3. The van der Waals surface area contributed by atoms with E-state index in [1.165, 1.54) is 5.56 Å². The minimum Gasteiger partial charge on any atom is -0.480 e. The summed E-state index contributed by atoms with van der Waals surface area (Å²) in [6.07, 6.45) is 0.898. The van der Waals surface area contributed by atoms with E-state index in [0.717, 1.165) is 23.1 Å². The molecule has 0 aromatic heterocycles. The Hall–Kier alpha value is -2.86. The van der Waals surface area contributed by atoms with Gasteiger partial charge in [0.05, 0.1) is 0 Å². The Balaban J connectivity index is 1.98. The van der Waals surface area contributed by atoms with Gasteiger partial charge in [-0.15, -0.1) is 0 Å². The molecule has 0 aliphatic carbocycles. The molecule has 6 heteroatoms. The van der Waals surface area contributed by atoms with Crippen LogP contribution in [-0.2, 0) is 22.4 Å². The third-order valence-corrected chi connectivity index (χ3v) is 4.83. The summed E-state index contributed by atoms with van der Waals surface area (Å²) in [4.78, 5) is 23.3. The summed E-state index contributed by atoms with van der Waals surface area (Å²) in [6.45, 7) is 7.37. The van der Waals surface area contributed by atoms with Gasteiger partial charge >= 0.3 is 12.1 Å². The van der Waals surface area contributed by atoms with E-state index in [1.807, 2.05) is 58.0 Å². The summed E-state index contributed by atoms with van der Waals surface area (Å²) in [5.41, 5.74) is 8.61. The molecule has 0 aliphatic rings. The number of ether oxygens (including phenoxy) is 2. The zero-order valence-corrected chi connectivity index (χ0v) is 17.4. The minimum absolute atomic E-state index is 0.213. The molecule has 0 radical (unpaired) electrons. The maximum absolute atomic E-state index is 12.3. The van der Waals surface area contributed by atoms with Gasteiger partial charge in [-0.3, -0.25) is 4.79 Å². The van der Waals surface area contributed by atoms with Crippen LogP contribution in [0, 0.1) is 13.8 Å². The Morgan fingerprint density at radius 3 is 2.24 bits per heavy atom. The molecule has 0 saturated heterocycles. The first-order valence-corrected chi connectivity index (χ1v) is 9.60. The lowest BCUT2D eigenvalue weighted by Gasteiger charge is -2.24. The van der Waals surface area contributed by atoms with Crippen LogP contribution in [0.2, 0.25) is 0 Å². The van der Waals surface area contributed by atoms with Gasteiger partial charge < -0.3 is 20.3 Å². The number of rotatable bonds is 8. The lowest BCUT2D eigenvalue weighted by molar-refractivity contribution is -0.138. The van der Waals surface area contributed by atoms with Crippen molar-refractivity contribution in [2.24, 2.45) is 5.73 Å². The summed E-state index contributed by atoms with van der Waals surface area (Å²) in [6, 6.07) is 12.4. The second-order valence-corrected chi connectivity index (χ2v) is 7.88. The third kappa shape index (κ3) is 6.91. The molecule has 0 amide bonds. The van der Waals surface area contributed by atoms with Crippen LogP contribution in [0.4, 0.5) is 4.79 Å². The number of carboxylic acid groups (broad SMARTS) is 1. The first-order valence-electron chi connectivity index (χ1n) is 9.60. The summed E-state index contributed by atoms with van der Waals surface area (Å²) in [5, 5.41) is 9.01. The highest BCUT2D eigenvalue weighted by Crippen LogP contribution is 2.25. The number of carbonyl (C=O) groups excluding carboxylic acids is 1. The van der Waals surface area contributed by atoms with Crippen molar-refractivity contribution in [3.8, 4) is 5.75 Å².